The molecule has 1 N–H and O–H groups in total. The van der Waals surface area contributed by atoms with Crippen LogP contribution in [0.25, 0.3) is 21.7 Å². The molecule has 7 heteroatoms. The molecule has 134 valence electrons. The molecular weight excluding hydrogens is 362 g/mol. The molecule has 0 bridgehead atoms. The molecule has 6 nitrogen and oxygen atoms in total. The minimum Gasteiger partial charge on any atom is -0.335 e. The maximum atomic E-state index is 12.9. The maximum absolute atomic E-state index is 12.9. The maximum Gasteiger partial charge on any atom is 0.259 e. The molecule has 1 aromatic carbocycles. The van der Waals surface area contributed by atoms with Crippen LogP contribution in [0.2, 0.25) is 0 Å². The van der Waals surface area contributed by atoms with Crippen molar-refractivity contribution in [3.63, 3.8) is 0 Å². The van der Waals surface area contributed by atoms with Gasteiger partial charge in [-0.1, -0.05) is 11.2 Å². The van der Waals surface area contributed by atoms with Crippen molar-refractivity contribution in [2.75, 3.05) is 5.32 Å². The number of benzene rings is 1. The van der Waals surface area contributed by atoms with Gasteiger partial charge in [-0.2, -0.15) is 0 Å². The molecule has 3 heterocycles. The number of carbonyl (C=O) groups is 2. The number of rotatable bonds is 4. The zero-order valence-electron chi connectivity index (χ0n) is 14.6. The monoisotopic (exact) mass is 377 g/mol. The smallest absolute Gasteiger partial charge is 0.259 e. The summed E-state index contributed by atoms with van der Waals surface area (Å²) in [6, 6.07) is 12.4. The minimum atomic E-state index is -0.290. The van der Waals surface area contributed by atoms with Crippen molar-refractivity contribution in [3.8, 4) is 10.6 Å². The summed E-state index contributed by atoms with van der Waals surface area (Å²) in [6.07, 6.45) is 0. The highest BCUT2D eigenvalue weighted by Gasteiger charge is 2.20. The van der Waals surface area contributed by atoms with Gasteiger partial charge in [0.25, 0.3) is 11.6 Å². The number of anilines is 1. The largest absolute Gasteiger partial charge is 0.335 e. The van der Waals surface area contributed by atoms with E-state index in [-0.39, 0.29) is 11.7 Å². The molecule has 0 aliphatic carbocycles. The summed E-state index contributed by atoms with van der Waals surface area (Å²) >= 11 is 1.53. The number of ketones is 1. The number of fused-ring (bicyclic) bond motifs is 1. The van der Waals surface area contributed by atoms with Gasteiger partial charge in [0.15, 0.2) is 5.78 Å². The number of thiophene rings is 1. The Balaban J connectivity index is 1.74. The predicted molar refractivity (Wildman–Crippen MR) is 104 cm³/mol. The first-order valence-electron chi connectivity index (χ1n) is 8.26. The molecule has 0 radical (unpaired) electrons. The molecule has 4 rings (SSSR count). The van der Waals surface area contributed by atoms with Crippen molar-refractivity contribution < 1.29 is 14.1 Å². The molecule has 3 aromatic heterocycles. The average Bonchev–Trinajstić information content (AvgIpc) is 3.32. The van der Waals surface area contributed by atoms with Gasteiger partial charge in [0.05, 0.1) is 27.2 Å². The first kappa shape index (κ1) is 17.1. The molecule has 1 amide bonds. The zero-order valence-corrected chi connectivity index (χ0v) is 15.5. The molecular formula is C20H15N3O3S. The fourth-order valence-electron chi connectivity index (χ4n) is 2.81. The molecule has 0 saturated heterocycles. The molecule has 0 saturated carbocycles. The number of aryl methyl sites for hydroxylation is 1. The number of hydrogen-bond acceptors (Lipinski definition) is 6. The van der Waals surface area contributed by atoms with Gasteiger partial charge in [-0.15, -0.1) is 11.3 Å². The van der Waals surface area contributed by atoms with Crippen molar-refractivity contribution in [2.45, 2.75) is 13.8 Å². The van der Waals surface area contributed by atoms with E-state index in [1.165, 1.54) is 18.3 Å². The number of amides is 1. The third-order valence-electron chi connectivity index (χ3n) is 4.18. The fraction of sp³-hybridized carbons (Fsp3) is 0.100. The number of nitrogens with zero attached hydrogens (tertiary/aromatic N) is 2. The van der Waals surface area contributed by atoms with Crippen LogP contribution in [-0.2, 0) is 0 Å². The highest BCUT2D eigenvalue weighted by Crippen LogP contribution is 2.29. The van der Waals surface area contributed by atoms with Crippen LogP contribution in [0.5, 0.6) is 0 Å². The van der Waals surface area contributed by atoms with E-state index in [0.717, 1.165) is 4.88 Å². The van der Waals surface area contributed by atoms with Gasteiger partial charge in [0, 0.05) is 11.3 Å². The second kappa shape index (κ2) is 6.77. The summed E-state index contributed by atoms with van der Waals surface area (Å²) in [5.41, 5.74) is 3.22. The Morgan fingerprint density at radius 3 is 2.59 bits per heavy atom. The van der Waals surface area contributed by atoms with E-state index in [4.69, 9.17) is 4.52 Å². The highest BCUT2D eigenvalue weighted by molar-refractivity contribution is 7.13. The van der Waals surface area contributed by atoms with Gasteiger partial charge in [0.1, 0.15) is 0 Å². The van der Waals surface area contributed by atoms with Crippen molar-refractivity contribution in [1.29, 1.82) is 0 Å². The van der Waals surface area contributed by atoms with Crippen LogP contribution in [0, 0.1) is 6.92 Å². The third kappa shape index (κ3) is 3.24. The number of Topliss-reactive ketones (excluding diaryl/α,β-unsaturated/α-hetero) is 1. The van der Waals surface area contributed by atoms with Gasteiger partial charge >= 0.3 is 0 Å². The molecule has 0 aliphatic rings. The van der Waals surface area contributed by atoms with E-state index < -0.39 is 0 Å². The molecule has 4 aromatic rings. The minimum absolute atomic E-state index is 0.0237. The van der Waals surface area contributed by atoms with Crippen LogP contribution in [0.1, 0.15) is 33.3 Å². The Bertz CT molecular complexity index is 1150. The standard InChI is InChI=1S/C20H15N3O3S/c1-11-18-15(19(25)21-14-7-5-13(6-8-14)12(2)24)10-16(17-4-3-9-27-17)22-20(18)26-23-11/h3-10H,1-2H3,(H,21,25). The SMILES string of the molecule is CC(=O)c1ccc(NC(=O)c2cc(-c3cccs3)nc3onc(C)c23)cc1. The van der Waals surface area contributed by atoms with Crippen LogP contribution in [0.4, 0.5) is 5.69 Å². The normalized spacial score (nSPS) is 10.9. The predicted octanol–water partition coefficient (Wildman–Crippen LogP) is 4.71. The Kier molecular flexibility index (Phi) is 4.29. The second-order valence-electron chi connectivity index (χ2n) is 6.07. The van der Waals surface area contributed by atoms with Crippen molar-refractivity contribution in [2.24, 2.45) is 0 Å². The molecule has 0 unspecified atom stereocenters. The number of pyridine rings is 1. The third-order valence-corrected chi connectivity index (χ3v) is 5.08. The van der Waals surface area contributed by atoms with E-state index in [1.807, 2.05) is 17.5 Å². The van der Waals surface area contributed by atoms with Crippen LogP contribution < -0.4 is 5.32 Å². The number of aromatic nitrogens is 2. The summed E-state index contributed by atoms with van der Waals surface area (Å²) in [5, 5.41) is 9.35. The van der Waals surface area contributed by atoms with Crippen molar-refractivity contribution in [1.82, 2.24) is 10.1 Å². The van der Waals surface area contributed by atoms with Gasteiger partial charge in [-0.05, 0) is 55.6 Å². The molecule has 27 heavy (non-hydrogen) atoms. The zero-order chi connectivity index (χ0) is 19.0. The topological polar surface area (TPSA) is 85.1 Å². The van der Waals surface area contributed by atoms with E-state index in [1.54, 1.807) is 37.3 Å². The Hall–Kier alpha value is -3.32. The van der Waals surface area contributed by atoms with Gasteiger partial charge in [0.2, 0.25) is 0 Å². The highest BCUT2D eigenvalue weighted by atomic mass is 32.1. The van der Waals surface area contributed by atoms with Crippen LogP contribution in [-0.4, -0.2) is 21.8 Å². The first-order chi connectivity index (χ1) is 13.0. The van der Waals surface area contributed by atoms with Gasteiger partial charge in [-0.25, -0.2) is 4.98 Å². The van der Waals surface area contributed by atoms with Gasteiger partial charge in [-0.3, -0.25) is 9.59 Å². The summed E-state index contributed by atoms with van der Waals surface area (Å²) in [6.45, 7) is 3.28. The van der Waals surface area contributed by atoms with Crippen LogP contribution in [0.3, 0.4) is 0 Å². The summed E-state index contributed by atoms with van der Waals surface area (Å²) in [7, 11) is 0. The Morgan fingerprint density at radius 2 is 1.93 bits per heavy atom. The number of carbonyl (C=O) groups excluding carboxylic acids is 2. The first-order valence-corrected chi connectivity index (χ1v) is 9.14. The van der Waals surface area contributed by atoms with Crippen molar-refractivity contribution in [3.05, 3.63) is 64.7 Å². The Morgan fingerprint density at radius 1 is 1.15 bits per heavy atom. The van der Waals surface area contributed by atoms with E-state index >= 15 is 0 Å². The molecule has 0 atom stereocenters. The van der Waals surface area contributed by atoms with E-state index in [9.17, 15) is 9.59 Å². The summed E-state index contributed by atoms with van der Waals surface area (Å²) in [5.74, 6) is -0.313. The lowest BCUT2D eigenvalue weighted by molar-refractivity contribution is 0.101. The summed E-state index contributed by atoms with van der Waals surface area (Å²) < 4.78 is 5.30. The second-order valence-corrected chi connectivity index (χ2v) is 7.02. The number of hydrogen-bond donors (Lipinski definition) is 1. The quantitative estimate of drug-likeness (QED) is 0.520. The van der Waals surface area contributed by atoms with E-state index in [2.05, 4.69) is 15.5 Å². The summed E-state index contributed by atoms with van der Waals surface area (Å²) in [4.78, 5) is 29.8. The lowest BCUT2D eigenvalue weighted by Gasteiger charge is -2.08. The lowest BCUT2D eigenvalue weighted by Crippen LogP contribution is -2.13. The molecule has 0 fully saturated rings. The van der Waals surface area contributed by atoms with Crippen molar-refractivity contribution >= 4 is 39.8 Å². The van der Waals surface area contributed by atoms with Crippen LogP contribution >= 0.6 is 11.3 Å². The fourth-order valence-corrected chi connectivity index (χ4v) is 3.50. The average molecular weight is 377 g/mol. The number of nitrogens with one attached hydrogen (secondary N) is 1. The Labute approximate surface area is 158 Å². The van der Waals surface area contributed by atoms with Crippen LogP contribution in [0.15, 0.2) is 52.4 Å². The lowest BCUT2D eigenvalue weighted by atomic mass is 10.1. The molecule has 0 spiro atoms. The molecule has 0 aliphatic heterocycles. The van der Waals surface area contributed by atoms with E-state index in [0.29, 0.717) is 39.3 Å². The van der Waals surface area contributed by atoms with Gasteiger partial charge < -0.3 is 9.84 Å².